The van der Waals surface area contributed by atoms with E-state index in [4.69, 9.17) is 0 Å². The lowest BCUT2D eigenvalue weighted by atomic mass is 9.94. The van der Waals surface area contributed by atoms with E-state index in [0.717, 1.165) is 3.57 Å². The van der Waals surface area contributed by atoms with Gasteiger partial charge < -0.3 is 5.11 Å². The fourth-order valence-electron chi connectivity index (χ4n) is 2.09. The van der Waals surface area contributed by atoms with Crippen LogP contribution in [0.3, 0.4) is 0 Å². The van der Waals surface area contributed by atoms with Crippen LogP contribution in [0.4, 0.5) is 0 Å². The minimum atomic E-state index is -3.43. The zero-order valence-electron chi connectivity index (χ0n) is 9.84. The first kappa shape index (κ1) is 14.2. The van der Waals surface area contributed by atoms with Crippen molar-refractivity contribution in [3.63, 3.8) is 0 Å². The SMILES string of the molecule is O=S(=O)(NC1CCC(O)CC1)c1ccc(I)cc1. The van der Waals surface area contributed by atoms with Crippen LogP contribution in [-0.4, -0.2) is 25.7 Å². The van der Waals surface area contributed by atoms with Crippen molar-refractivity contribution in [2.24, 2.45) is 0 Å². The number of aliphatic hydroxyl groups excluding tert-OH is 1. The fraction of sp³-hybridized carbons (Fsp3) is 0.500. The number of benzene rings is 1. The van der Waals surface area contributed by atoms with Gasteiger partial charge in [0.1, 0.15) is 0 Å². The maximum atomic E-state index is 12.1. The normalized spacial score (nSPS) is 25.0. The fourth-order valence-corrected chi connectivity index (χ4v) is 3.76. The molecule has 1 saturated carbocycles. The molecule has 0 amide bonds. The summed E-state index contributed by atoms with van der Waals surface area (Å²) in [4.78, 5) is 0.300. The molecule has 0 aromatic heterocycles. The minimum Gasteiger partial charge on any atom is -0.393 e. The van der Waals surface area contributed by atoms with E-state index in [1.807, 2.05) is 0 Å². The molecule has 4 nitrogen and oxygen atoms in total. The lowest BCUT2D eigenvalue weighted by Gasteiger charge is -2.25. The molecule has 1 aromatic carbocycles. The molecule has 0 radical (unpaired) electrons. The Hall–Kier alpha value is -0.180. The molecule has 0 saturated heterocycles. The second-order valence-electron chi connectivity index (χ2n) is 4.58. The summed E-state index contributed by atoms with van der Waals surface area (Å²) in [7, 11) is -3.43. The van der Waals surface area contributed by atoms with Crippen LogP contribution in [-0.2, 0) is 10.0 Å². The number of hydrogen-bond acceptors (Lipinski definition) is 3. The molecule has 6 heteroatoms. The van der Waals surface area contributed by atoms with Gasteiger partial charge in [-0.05, 0) is 72.5 Å². The molecular weight excluding hydrogens is 365 g/mol. The number of sulfonamides is 1. The lowest BCUT2D eigenvalue weighted by molar-refractivity contribution is 0.120. The molecule has 0 bridgehead atoms. The maximum Gasteiger partial charge on any atom is 0.240 e. The Morgan fingerprint density at radius 1 is 1.11 bits per heavy atom. The van der Waals surface area contributed by atoms with E-state index in [-0.39, 0.29) is 12.1 Å². The Kier molecular flexibility index (Phi) is 4.63. The number of hydrogen-bond donors (Lipinski definition) is 2. The average molecular weight is 381 g/mol. The molecule has 2 N–H and O–H groups in total. The number of aliphatic hydroxyl groups is 1. The van der Waals surface area contributed by atoms with Gasteiger partial charge in [0.25, 0.3) is 0 Å². The van der Waals surface area contributed by atoms with E-state index in [0.29, 0.717) is 30.6 Å². The predicted octanol–water partition coefficient (Wildman–Crippen LogP) is 1.87. The first-order valence-corrected chi connectivity index (χ1v) is 8.49. The summed E-state index contributed by atoms with van der Waals surface area (Å²) in [5.74, 6) is 0. The van der Waals surface area contributed by atoms with Crippen LogP contribution >= 0.6 is 22.6 Å². The molecule has 1 aromatic rings. The highest BCUT2D eigenvalue weighted by atomic mass is 127. The van der Waals surface area contributed by atoms with Gasteiger partial charge in [-0.15, -0.1) is 0 Å². The molecule has 0 atom stereocenters. The maximum absolute atomic E-state index is 12.1. The summed E-state index contributed by atoms with van der Waals surface area (Å²) in [5.41, 5.74) is 0. The summed E-state index contributed by atoms with van der Waals surface area (Å²) in [6.07, 6.45) is 2.46. The zero-order valence-corrected chi connectivity index (χ0v) is 12.8. The van der Waals surface area contributed by atoms with Crippen LogP contribution in [0.5, 0.6) is 0 Å². The quantitative estimate of drug-likeness (QED) is 0.786. The summed E-state index contributed by atoms with van der Waals surface area (Å²) >= 11 is 2.14. The standard InChI is InChI=1S/C12H16INO3S/c13-9-1-7-12(8-2-9)18(16,17)14-10-3-5-11(15)6-4-10/h1-2,7-8,10-11,14-15H,3-6H2. The second kappa shape index (κ2) is 5.85. The first-order chi connectivity index (χ1) is 8.47. The van der Waals surface area contributed by atoms with Crippen molar-refractivity contribution in [3.8, 4) is 0 Å². The van der Waals surface area contributed by atoms with E-state index in [2.05, 4.69) is 27.3 Å². The topological polar surface area (TPSA) is 66.4 Å². The highest BCUT2D eigenvalue weighted by molar-refractivity contribution is 14.1. The number of halogens is 1. The third kappa shape index (κ3) is 3.66. The molecule has 2 rings (SSSR count). The molecule has 1 aliphatic rings. The van der Waals surface area contributed by atoms with Crippen molar-refractivity contribution in [1.29, 1.82) is 0 Å². The Balaban J connectivity index is 2.05. The van der Waals surface area contributed by atoms with Gasteiger partial charge in [0.2, 0.25) is 10.0 Å². The number of nitrogens with one attached hydrogen (secondary N) is 1. The average Bonchev–Trinajstić information content (AvgIpc) is 2.32. The van der Waals surface area contributed by atoms with Crippen LogP contribution in [0.1, 0.15) is 25.7 Å². The minimum absolute atomic E-state index is 0.0577. The summed E-state index contributed by atoms with van der Waals surface area (Å²) in [6, 6.07) is 6.72. The highest BCUT2D eigenvalue weighted by Gasteiger charge is 2.24. The molecular formula is C12H16INO3S. The molecule has 0 aliphatic heterocycles. The molecule has 1 fully saturated rings. The van der Waals surface area contributed by atoms with Crippen molar-refractivity contribution >= 4 is 32.6 Å². The zero-order chi connectivity index (χ0) is 13.2. The Labute approximate surface area is 121 Å². The van der Waals surface area contributed by atoms with Gasteiger partial charge in [-0.1, -0.05) is 0 Å². The molecule has 0 heterocycles. The van der Waals surface area contributed by atoms with Crippen molar-refractivity contribution in [3.05, 3.63) is 27.8 Å². The molecule has 100 valence electrons. The summed E-state index contributed by atoms with van der Waals surface area (Å²) < 4.78 is 28.0. The van der Waals surface area contributed by atoms with Crippen LogP contribution in [0.2, 0.25) is 0 Å². The van der Waals surface area contributed by atoms with E-state index in [9.17, 15) is 13.5 Å². The van der Waals surface area contributed by atoms with Crippen LogP contribution < -0.4 is 4.72 Å². The highest BCUT2D eigenvalue weighted by Crippen LogP contribution is 2.20. The second-order valence-corrected chi connectivity index (χ2v) is 7.54. The summed E-state index contributed by atoms with van der Waals surface area (Å²) in [6.45, 7) is 0. The first-order valence-electron chi connectivity index (χ1n) is 5.93. The van der Waals surface area contributed by atoms with Crippen molar-refractivity contribution < 1.29 is 13.5 Å². The monoisotopic (exact) mass is 381 g/mol. The Morgan fingerprint density at radius 3 is 2.22 bits per heavy atom. The molecule has 1 aliphatic carbocycles. The van der Waals surface area contributed by atoms with Gasteiger partial charge in [-0.25, -0.2) is 13.1 Å². The Bertz CT molecular complexity index is 493. The number of rotatable bonds is 3. The van der Waals surface area contributed by atoms with Crippen LogP contribution in [0, 0.1) is 3.57 Å². The van der Waals surface area contributed by atoms with Gasteiger partial charge in [-0.2, -0.15) is 0 Å². The molecule has 0 unspecified atom stereocenters. The van der Waals surface area contributed by atoms with Crippen molar-refractivity contribution in [1.82, 2.24) is 4.72 Å². The molecule has 0 spiro atoms. The van der Waals surface area contributed by atoms with E-state index >= 15 is 0 Å². The van der Waals surface area contributed by atoms with E-state index in [1.54, 1.807) is 24.3 Å². The van der Waals surface area contributed by atoms with Gasteiger partial charge in [0.15, 0.2) is 0 Å². The van der Waals surface area contributed by atoms with Crippen LogP contribution in [0.25, 0.3) is 0 Å². The summed E-state index contributed by atoms with van der Waals surface area (Å²) in [5, 5.41) is 9.39. The lowest BCUT2D eigenvalue weighted by Crippen LogP contribution is -2.38. The third-order valence-corrected chi connectivity index (χ3v) is 5.40. The van der Waals surface area contributed by atoms with Gasteiger partial charge >= 0.3 is 0 Å². The third-order valence-electron chi connectivity index (χ3n) is 3.14. The predicted molar refractivity (Wildman–Crippen MR) is 77.7 cm³/mol. The van der Waals surface area contributed by atoms with Gasteiger partial charge in [-0.3, -0.25) is 0 Å². The van der Waals surface area contributed by atoms with E-state index < -0.39 is 10.0 Å². The largest absolute Gasteiger partial charge is 0.393 e. The van der Waals surface area contributed by atoms with Gasteiger partial charge in [0.05, 0.1) is 11.0 Å². The van der Waals surface area contributed by atoms with Crippen molar-refractivity contribution in [2.45, 2.75) is 42.7 Å². The Morgan fingerprint density at radius 2 is 1.67 bits per heavy atom. The van der Waals surface area contributed by atoms with Gasteiger partial charge in [0, 0.05) is 9.61 Å². The van der Waals surface area contributed by atoms with Crippen LogP contribution in [0.15, 0.2) is 29.2 Å². The van der Waals surface area contributed by atoms with Crippen molar-refractivity contribution in [2.75, 3.05) is 0 Å². The molecule has 18 heavy (non-hydrogen) atoms. The van der Waals surface area contributed by atoms with E-state index in [1.165, 1.54) is 0 Å². The smallest absolute Gasteiger partial charge is 0.240 e.